The summed E-state index contributed by atoms with van der Waals surface area (Å²) in [6, 6.07) is -18.2. The number of carbonyl (C=O) groups is 17. The molecule has 0 aliphatic heterocycles. The summed E-state index contributed by atoms with van der Waals surface area (Å²) in [6.45, 7) is 11.7. The van der Waals surface area contributed by atoms with E-state index in [1.54, 1.807) is 47.8 Å². The summed E-state index contributed by atoms with van der Waals surface area (Å²) in [7, 11) is 0. The van der Waals surface area contributed by atoms with Crippen molar-refractivity contribution in [1.29, 1.82) is 0 Å². The van der Waals surface area contributed by atoms with Crippen molar-refractivity contribution in [2.24, 2.45) is 68.6 Å². The Hall–Kier alpha value is -9.47. The zero-order valence-corrected chi connectivity index (χ0v) is 60.1. The molecular formula is C62H110N20O19S. The number of hydrogen-bond acceptors (Lipinski definition) is 21. The number of thioether (sulfide) groups is 1. The molecule has 15 amide bonds. The molecule has 0 unspecified atom stereocenters. The first-order chi connectivity index (χ1) is 47.6. The molecule has 0 heterocycles. The first-order valence-electron chi connectivity index (χ1n) is 33.6. The Bertz CT molecular complexity index is 2900. The Morgan fingerprint density at radius 1 is 0.373 bits per heavy atom. The van der Waals surface area contributed by atoms with Gasteiger partial charge in [0.1, 0.15) is 66.5 Å². The number of hydrogen-bond donors (Lipinski definition) is 21. The van der Waals surface area contributed by atoms with Crippen LogP contribution in [0.1, 0.15) is 164 Å². The maximum atomic E-state index is 14.4. The van der Waals surface area contributed by atoms with E-state index in [9.17, 15) is 91.7 Å². The summed E-state index contributed by atoms with van der Waals surface area (Å²) in [5.74, 6) is -19.2. The van der Waals surface area contributed by atoms with Gasteiger partial charge >= 0.3 is 11.9 Å². The molecule has 0 aliphatic carbocycles. The van der Waals surface area contributed by atoms with E-state index < -0.39 is 243 Å². The average molecular weight is 1470 g/mol. The number of carbonyl (C=O) groups excluding carboxylic acids is 15. The highest BCUT2D eigenvalue weighted by Gasteiger charge is 2.38. The van der Waals surface area contributed by atoms with Crippen LogP contribution in [0.5, 0.6) is 0 Å². The normalized spacial score (nSPS) is 14.6. The van der Waals surface area contributed by atoms with Gasteiger partial charge in [0, 0.05) is 38.6 Å². The smallest absolute Gasteiger partial charge is 0.326 e. The van der Waals surface area contributed by atoms with Crippen LogP contribution in [0.15, 0.2) is 4.99 Å². The summed E-state index contributed by atoms with van der Waals surface area (Å²) in [4.78, 5) is 230. The van der Waals surface area contributed by atoms with Crippen LogP contribution >= 0.6 is 11.8 Å². The van der Waals surface area contributed by atoms with Gasteiger partial charge in [-0.3, -0.25) is 81.7 Å². The summed E-state index contributed by atoms with van der Waals surface area (Å²) in [5, 5.41) is 46.6. The highest BCUT2D eigenvalue weighted by molar-refractivity contribution is 7.98. The van der Waals surface area contributed by atoms with Gasteiger partial charge in [-0.25, -0.2) is 4.79 Å². The van der Waals surface area contributed by atoms with Crippen LogP contribution < -0.4 is 104 Å². The molecule has 102 heavy (non-hydrogen) atoms. The van der Waals surface area contributed by atoms with Crippen LogP contribution in [0.2, 0.25) is 0 Å². The van der Waals surface area contributed by atoms with E-state index >= 15 is 0 Å². The largest absolute Gasteiger partial charge is 0.481 e. The van der Waals surface area contributed by atoms with Crippen molar-refractivity contribution in [3.63, 3.8) is 0 Å². The molecule has 0 bridgehead atoms. The first-order valence-corrected chi connectivity index (χ1v) is 35.0. The second-order valence-electron chi connectivity index (χ2n) is 25.7. The van der Waals surface area contributed by atoms with Crippen LogP contribution in [0, 0.1) is 17.8 Å². The molecule has 0 aliphatic rings. The number of carboxylic acids is 2. The van der Waals surface area contributed by atoms with Gasteiger partial charge in [-0.05, 0) is 120 Å². The summed E-state index contributed by atoms with van der Waals surface area (Å²) in [5.41, 5.74) is 43.9. The highest BCUT2D eigenvalue weighted by Crippen LogP contribution is 2.15. The third-order valence-corrected chi connectivity index (χ3v) is 16.0. The third kappa shape index (κ3) is 39.5. The number of nitrogens with one attached hydrogen (secondary N) is 11. The van der Waals surface area contributed by atoms with Gasteiger partial charge in [0.15, 0.2) is 5.96 Å². The molecule has 0 spiro atoms. The lowest BCUT2D eigenvalue weighted by Crippen LogP contribution is -2.61. The lowest BCUT2D eigenvalue weighted by atomic mass is 9.99. The highest BCUT2D eigenvalue weighted by atomic mass is 32.2. The van der Waals surface area contributed by atoms with Crippen LogP contribution in [0.4, 0.5) is 0 Å². The van der Waals surface area contributed by atoms with E-state index in [1.165, 1.54) is 18.7 Å². The maximum absolute atomic E-state index is 14.4. The fourth-order valence-electron chi connectivity index (χ4n) is 9.71. The van der Waals surface area contributed by atoms with Crippen molar-refractivity contribution in [1.82, 2.24) is 58.5 Å². The van der Waals surface area contributed by atoms with Crippen molar-refractivity contribution < 1.29 is 91.7 Å². The molecule has 0 saturated heterocycles. The second-order valence-corrected chi connectivity index (χ2v) is 26.7. The van der Waals surface area contributed by atoms with E-state index in [0.717, 1.165) is 0 Å². The van der Waals surface area contributed by atoms with Gasteiger partial charge in [0.25, 0.3) is 0 Å². The van der Waals surface area contributed by atoms with Crippen LogP contribution in [0.25, 0.3) is 0 Å². The van der Waals surface area contributed by atoms with Crippen molar-refractivity contribution in [3.8, 4) is 0 Å². The molecule has 0 rings (SSSR count). The number of unbranched alkanes of at least 4 members (excludes halogenated alkanes) is 1. The standard InChI is InChI=1S/C62H110N20O19S/c1-30(2)28-42(58(97)73-35(13-11-26-71-62(69)70)52(91)79-41(61(100)101)17-22-47(68)86)81-56(95)37(15-20-45(66)84)75-55(94)39(18-23-48(87)88)76-57(96)40(24-27-102-8)77-53(92)36(14-19-44(65)83)74-54(93)38(16-21-46(67)85)78-60(99)49(32(5)6)82-59(98)43(29-31(3)4)80-50(89)33(7)72-51(90)34(64)12-9-10-25-63/h30-43,49H,9-29,63-64H2,1-8H3,(H2,65,83)(H2,66,84)(H2,67,85)(H2,68,86)(H,72,90)(H,73,97)(H,74,93)(H,75,94)(H,76,96)(H,77,92)(H,78,99)(H,79,91)(H,80,89)(H,81,95)(H,82,98)(H,87,88)(H,100,101)(H4,69,70,71)/t33-,34-,35-,36-,37-,38-,39-,40-,41-,42-,43-,49-/m0/s1. The number of primary amides is 4. The van der Waals surface area contributed by atoms with E-state index in [-0.39, 0.29) is 62.2 Å². The molecule has 0 aromatic heterocycles. The number of guanidine groups is 1. The molecule has 0 saturated carbocycles. The fraction of sp³-hybridized carbons (Fsp3) is 0.710. The molecule has 0 radical (unpaired) electrons. The molecule has 0 fully saturated rings. The summed E-state index contributed by atoms with van der Waals surface area (Å²) >= 11 is 1.19. The predicted octanol–water partition coefficient (Wildman–Crippen LogP) is -6.64. The third-order valence-electron chi connectivity index (χ3n) is 15.3. The van der Waals surface area contributed by atoms with E-state index in [0.29, 0.717) is 25.8 Å². The molecular weight excluding hydrogens is 1360 g/mol. The van der Waals surface area contributed by atoms with Gasteiger partial charge in [-0.2, -0.15) is 11.8 Å². The van der Waals surface area contributed by atoms with Crippen molar-refractivity contribution in [3.05, 3.63) is 0 Å². The number of rotatable bonds is 54. The molecule has 12 atom stereocenters. The van der Waals surface area contributed by atoms with E-state index in [1.807, 2.05) is 0 Å². The van der Waals surface area contributed by atoms with Crippen molar-refractivity contribution in [2.75, 3.05) is 25.1 Å². The van der Waals surface area contributed by atoms with E-state index in [2.05, 4.69) is 63.5 Å². The minimum Gasteiger partial charge on any atom is -0.481 e. The number of carboxylic acid groups (broad SMARTS) is 2. The monoisotopic (exact) mass is 1470 g/mol. The Morgan fingerprint density at radius 3 is 1.06 bits per heavy atom. The predicted molar refractivity (Wildman–Crippen MR) is 373 cm³/mol. The minimum atomic E-state index is -1.85. The van der Waals surface area contributed by atoms with Crippen LogP contribution in [0.3, 0.4) is 0 Å². The number of aliphatic imine (C=N–C) groups is 1. The zero-order chi connectivity index (χ0) is 78.1. The Balaban J connectivity index is 7.18. The first kappa shape index (κ1) is 92.5. The molecule has 39 nitrogen and oxygen atoms in total. The molecule has 40 heteroatoms. The number of amides is 15. The average Bonchev–Trinajstić information content (AvgIpc) is 0.858. The molecule has 0 aromatic rings. The van der Waals surface area contributed by atoms with Crippen molar-refractivity contribution >= 4 is 118 Å². The Labute approximate surface area is 596 Å². The SMILES string of the molecule is CSCC[C@H](NC(=O)[C@H](CCC(N)=O)NC(=O)[C@H](CCC(N)=O)NC(=O)[C@@H](NC(=O)[C@H](CC(C)C)NC(=O)[C@H](C)NC(=O)[C@@H](N)CCCCN)C(C)C)C(=O)N[C@@H](CCC(=O)O)C(=O)N[C@@H](CCC(N)=O)C(=O)N[C@@H](CC(C)C)C(=O)N[C@@H](CCCN=C(N)N)C(=O)N[C@@H](CCC(N)=O)C(=O)O. The van der Waals surface area contributed by atoms with Gasteiger partial charge < -0.3 is 115 Å². The van der Waals surface area contributed by atoms with Gasteiger partial charge in [0.2, 0.25) is 88.6 Å². The Kier molecular flexibility index (Phi) is 44.6. The van der Waals surface area contributed by atoms with E-state index in [4.69, 9.17) is 45.9 Å². The number of nitrogens with zero attached hydrogens (tertiary/aromatic N) is 1. The van der Waals surface area contributed by atoms with Gasteiger partial charge in [-0.1, -0.05) is 48.0 Å². The van der Waals surface area contributed by atoms with Crippen LogP contribution in [-0.4, -0.2) is 214 Å². The molecule has 0 aromatic carbocycles. The second kappa shape index (κ2) is 49.2. The quantitative estimate of drug-likeness (QED) is 0.0153. The topological polar surface area (TPSA) is 683 Å². The molecule has 29 N–H and O–H groups in total. The number of aliphatic carboxylic acids is 2. The van der Waals surface area contributed by atoms with Gasteiger partial charge in [-0.15, -0.1) is 0 Å². The molecule has 578 valence electrons. The summed E-state index contributed by atoms with van der Waals surface area (Å²) in [6.07, 6.45) is -2.90. The lowest BCUT2D eigenvalue weighted by molar-refractivity contribution is -0.143. The van der Waals surface area contributed by atoms with Crippen LogP contribution in [-0.2, 0) is 81.5 Å². The van der Waals surface area contributed by atoms with Crippen molar-refractivity contribution in [2.45, 2.75) is 237 Å². The Morgan fingerprint density at radius 2 is 0.706 bits per heavy atom. The minimum absolute atomic E-state index is 0.0414. The van der Waals surface area contributed by atoms with Gasteiger partial charge in [0.05, 0.1) is 6.04 Å². The zero-order valence-electron chi connectivity index (χ0n) is 59.3. The lowest BCUT2D eigenvalue weighted by Gasteiger charge is -2.29. The fourth-order valence-corrected chi connectivity index (χ4v) is 10.2. The number of nitrogens with two attached hydrogens (primary N) is 8. The summed E-state index contributed by atoms with van der Waals surface area (Å²) < 4.78 is 0. The maximum Gasteiger partial charge on any atom is 0.326 e.